The van der Waals surface area contributed by atoms with Crippen LogP contribution in [0, 0.1) is 6.92 Å². The lowest BCUT2D eigenvalue weighted by molar-refractivity contribution is 0.0473. The van der Waals surface area contributed by atoms with Crippen molar-refractivity contribution >= 4 is 28.8 Å². The molecule has 0 saturated carbocycles. The van der Waals surface area contributed by atoms with Crippen molar-refractivity contribution in [1.82, 2.24) is 4.90 Å². The van der Waals surface area contributed by atoms with Gasteiger partial charge >= 0.3 is 11.6 Å². The van der Waals surface area contributed by atoms with Gasteiger partial charge < -0.3 is 13.6 Å². The van der Waals surface area contributed by atoms with Gasteiger partial charge in [-0.2, -0.15) is 0 Å². The van der Waals surface area contributed by atoms with E-state index >= 15 is 0 Å². The Morgan fingerprint density at radius 3 is 2.58 bits per heavy atom. The number of ether oxygens (including phenoxy) is 1. The Balaban J connectivity index is 1.36. The van der Waals surface area contributed by atoms with Crippen molar-refractivity contribution in [3.05, 3.63) is 105 Å². The molecule has 8 nitrogen and oxygen atoms in total. The second kappa shape index (κ2) is 7.90. The van der Waals surface area contributed by atoms with E-state index in [1.54, 1.807) is 24.3 Å². The molecule has 2 aromatic heterocycles. The molecule has 1 aliphatic heterocycles. The van der Waals surface area contributed by atoms with Gasteiger partial charge in [0, 0.05) is 17.0 Å². The monoisotopic (exact) mass is 443 g/mol. The third-order valence-corrected chi connectivity index (χ3v) is 5.44. The maximum atomic E-state index is 12.8. The highest BCUT2D eigenvalue weighted by Crippen LogP contribution is 2.26. The first-order chi connectivity index (χ1) is 15.9. The number of hydrogen-bond donors (Lipinski definition) is 0. The number of aryl methyl sites for hydroxylation is 1. The van der Waals surface area contributed by atoms with Gasteiger partial charge in [0.2, 0.25) is 0 Å². The number of amides is 2. The lowest BCUT2D eigenvalue weighted by Crippen LogP contribution is -2.28. The van der Waals surface area contributed by atoms with E-state index in [0.29, 0.717) is 22.3 Å². The Hall–Kier alpha value is -4.46. The highest BCUT2D eigenvalue weighted by Gasteiger charge is 2.36. The maximum Gasteiger partial charge on any atom is 0.338 e. The lowest BCUT2D eigenvalue weighted by Gasteiger charge is -2.11. The van der Waals surface area contributed by atoms with Crippen molar-refractivity contribution in [3.8, 4) is 0 Å². The normalized spacial score (nSPS) is 12.9. The molecule has 164 valence electrons. The SMILES string of the molecule is Cc1ccc2c(COC(=O)c3ccc4c(c3)C(=O)N(Cc3ccco3)C4=O)cc(=O)oc2c1. The molecule has 5 rings (SSSR count). The molecule has 8 heteroatoms. The number of fused-ring (bicyclic) bond motifs is 2. The van der Waals surface area contributed by atoms with Crippen LogP contribution in [0.25, 0.3) is 11.0 Å². The molecule has 0 N–H and O–H groups in total. The Kier molecular flexibility index (Phi) is 4.90. The quantitative estimate of drug-likeness (QED) is 0.262. The molecular formula is C25H17NO7. The van der Waals surface area contributed by atoms with Crippen LogP contribution in [-0.4, -0.2) is 22.7 Å². The van der Waals surface area contributed by atoms with E-state index in [4.69, 9.17) is 13.6 Å². The highest BCUT2D eigenvalue weighted by atomic mass is 16.5. The Morgan fingerprint density at radius 2 is 1.79 bits per heavy atom. The minimum atomic E-state index is -0.684. The molecular weight excluding hydrogens is 426 g/mol. The van der Waals surface area contributed by atoms with Gasteiger partial charge in [0.25, 0.3) is 11.8 Å². The molecule has 0 unspecified atom stereocenters. The topological polar surface area (TPSA) is 107 Å². The number of nitrogens with zero attached hydrogens (tertiary/aromatic N) is 1. The molecule has 33 heavy (non-hydrogen) atoms. The second-order valence-corrected chi connectivity index (χ2v) is 7.70. The fraction of sp³-hybridized carbons (Fsp3) is 0.120. The minimum Gasteiger partial charge on any atom is -0.467 e. The van der Waals surface area contributed by atoms with E-state index in [-0.39, 0.29) is 29.8 Å². The van der Waals surface area contributed by atoms with E-state index < -0.39 is 23.4 Å². The minimum absolute atomic E-state index is 0.00225. The number of esters is 1. The van der Waals surface area contributed by atoms with Crippen LogP contribution >= 0.6 is 0 Å². The molecule has 0 fully saturated rings. The summed E-state index contributed by atoms with van der Waals surface area (Å²) in [5, 5.41) is 0.663. The average Bonchev–Trinajstić information content (AvgIpc) is 3.39. The van der Waals surface area contributed by atoms with Crippen LogP contribution in [0.3, 0.4) is 0 Å². The summed E-state index contributed by atoms with van der Waals surface area (Å²) in [6, 6.07) is 14.2. The molecule has 0 aliphatic carbocycles. The average molecular weight is 443 g/mol. The molecule has 0 spiro atoms. The summed E-state index contributed by atoms with van der Waals surface area (Å²) in [6.07, 6.45) is 1.46. The number of benzene rings is 2. The van der Waals surface area contributed by atoms with Crippen LogP contribution in [-0.2, 0) is 17.9 Å². The van der Waals surface area contributed by atoms with Crippen molar-refractivity contribution in [3.63, 3.8) is 0 Å². The van der Waals surface area contributed by atoms with Crippen LogP contribution in [0.2, 0.25) is 0 Å². The van der Waals surface area contributed by atoms with Gasteiger partial charge in [0.15, 0.2) is 0 Å². The number of hydrogen-bond acceptors (Lipinski definition) is 7. The Bertz CT molecular complexity index is 1480. The molecule has 3 heterocycles. The van der Waals surface area contributed by atoms with Crippen LogP contribution in [0.5, 0.6) is 0 Å². The van der Waals surface area contributed by atoms with Crippen molar-refractivity contribution in [2.45, 2.75) is 20.1 Å². The summed E-state index contributed by atoms with van der Waals surface area (Å²) in [5.74, 6) is -1.18. The Labute approximate surface area is 187 Å². The van der Waals surface area contributed by atoms with E-state index in [9.17, 15) is 19.2 Å². The standard InChI is InChI=1S/C25H17NO7/c1-14-4-6-18-16(11-22(27)33-21(18)9-14)13-32-25(30)15-5-7-19-20(10-15)24(29)26(23(19)28)12-17-3-2-8-31-17/h2-11H,12-13H2,1H3. The van der Waals surface area contributed by atoms with Crippen molar-refractivity contribution in [2.75, 3.05) is 0 Å². The smallest absolute Gasteiger partial charge is 0.338 e. The summed E-state index contributed by atoms with van der Waals surface area (Å²) in [4.78, 5) is 51.0. The van der Waals surface area contributed by atoms with Crippen molar-refractivity contribution in [2.24, 2.45) is 0 Å². The van der Waals surface area contributed by atoms with Gasteiger partial charge in [-0.15, -0.1) is 0 Å². The first kappa shape index (κ1) is 20.4. The molecule has 1 aliphatic rings. The fourth-order valence-corrected chi connectivity index (χ4v) is 3.80. The molecule has 0 radical (unpaired) electrons. The molecule has 2 amide bonds. The zero-order valence-corrected chi connectivity index (χ0v) is 17.5. The maximum absolute atomic E-state index is 12.8. The van der Waals surface area contributed by atoms with Crippen LogP contribution in [0.1, 0.15) is 48.0 Å². The molecule has 0 bridgehead atoms. The summed E-state index contributed by atoms with van der Waals surface area (Å²) in [5.41, 5.74) is 1.76. The highest BCUT2D eigenvalue weighted by molar-refractivity contribution is 6.21. The molecule has 2 aromatic carbocycles. The number of carbonyl (C=O) groups is 3. The van der Waals surface area contributed by atoms with Crippen molar-refractivity contribution < 1.29 is 28.0 Å². The number of furan rings is 1. The summed E-state index contributed by atoms with van der Waals surface area (Å²) in [7, 11) is 0. The number of rotatable bonds is 5. The van der Waals surface area contributed by atoms with Gasteiger partial charge in [-0.3, -0.25) is 14.5 Å². The van der Waals surface area contributed by atoms with E-state index in [1.165, 1.54) is 30.5 Å². The Morgan fingerprint density at radius 1 is 0.970 bits per heavy atom. The van der Waals surface area contributed by atoms with Crippen molar-refractivity contribution in [1.29, 1.82) is 0 Å². The third kappa shape index (κ3) is 3.71. The first-order valence-electron chi connectivity index (χ1n) is 10.1. The predicted octanol–water partition coefficient (Wildman–Crippen LogP) is 3.85. The summed E-state index contributed by atoms with van der Waals surface area (Å²) in [6.45, 7) is 1.72. The van der Waals surface area contributed by atoms with Crippen LogP contribution in [0.4, 0.5) is 0 Å². The van der Waals surface area contributed by atoms with E-state index in [0.717, 1.165) is 10.5 Å². The summed E-state index contributed by atoms with van der Waals surface area (Å²) < 4.78 is 15.8. The first-order valence-corrected chi connectivity index (χ1v) is 10.1. The molecule has 0 atom stereocenters. The van der Waals surface area contributed by atoms with E-state index in [2.05, 4.69) is 0 Å². The second-order valence-electron chi connectivity index (χ2n) is 7.70. The summed E-state index contributed by atoms with van der Waals surface area (Å²) >= 11 is 0. The fourth-order valence-electron chi connectivity index (χ4n) is 3.80. The van der Waals surface area contributed by atoms with Crippen LogP contribution in [0.15, 0.2) is 74.5 Å². The van der Waals surface area contributed by atoms with E-state index in [1.807, 2.05) is 13.0 Å². The van der Waals surface area contributed by atoms with Gasteiger partial charge in [-0.1, -0.05) is 12.1 Å². The molecule has 4 aromatic rings. The van der Waals surface area contributed by atoms with Gasteiger partial charge in [0.1, 0.15) is 18.0 Å². The largest absolute Gasteiger partial charge is 0.467 e. The van der Waals surface area contributed by atoms with Gasteiger partial charge in [-0.25, -0.2) is 9.59 Å². The number of imide groups is 1. The zero-order chi connectivity index (χ0) is 23.1. The van der Waals surface area contributed by atoms with Crippen LogP contribution < -0.4 is 5.63 Å². The number of carbonyl (C=O) groups excluding carboxylic acids is 3. The third-order valence-electron chi connectivity index (χ3n) is 5.44. The zero-order valence-electron chi connectivity index (χ0n) is 17.5. The van der Waals surface area contributed by atoms with Gasteiger partial charge in [0.05, 0.1) is 29.5 Å². The molecule has 0 saturated heterocycles. The van der Waals surface area contributed by atoms with Gasteiger partial charge in [-0.05, 0) is 48.9 Å². The predicted molar refractivity (Wildman–Crippen MR) is 116 cm³/mol. The lowest BCUT2D eigenvalue weighted by atomic mass is 10.1.